The van der Waals surface area contributed by atoms with E-state index in [1.165, 1.54) is 0 Å². The Morgan fingerprint density at radius 2 is 0.689 bits per heavy atom. The van der Waals surface area contributed by atoms with Crippen LogP contribution >= 0.6 is 0 Å². The van der Waals surface area contributed by atoms with E-state index in [9.17, 15) is 79.5 Å². The summed E-state index contributed by atoms with van der Waals surface area (Å²) >= 11 is 0. The van der Waals surface area contributed by atoms with Gasteiger partial charge in [-0.25, -0.2) is 0 Å². The van der Waals surface area contributed by atoms with E-state index < -0.39 is 135 Å². The van der Waals surface area contributed by atoms with Gasteiger partial charge in [-0.05, 0) is 51.4 Å². The van der Waals surface area contributed by atoms with Gasteiger partial charge in [0, 0.05) is 127 Å². The van der Waals surface area contributed by atoms with Gasteiger partial charge in [0.2, 0.25) is 41.4 Å². The molecule has 520 valence electrons. The Balaban J connectivity index is 1.61. The number of nitrogens with one attached hydrogen (secondary N) is 8. The molecule has 0 saturated carbocycles. The molecule has 0 aliphatic carbocycles. The lowest BCUT2D eigenvalue weighted by Crippen LogP contribution is -2.55. The third kappa shape index (κ3) is 29.4. The van der Waals surface area contributed by atoms with Crippen molar-refractivity contribution in [2.45, 2.75) is 203 Å². The molecule has 15 atom stereocenters. The summed E-state index contributed by atoms with van der Waals surface area (Å²) in [5.74, 6) is -4.44. The highest BCUT2D eigenvalue weighted by Gasteiger charge is 2.45. The normalized spacial score (nSPS) is 27.3. The number of hydrogen-bond acceptors (Lipinski definition) is 24. The van der Waals surface area contributed by atoms with Crippen LogP contribution in [0.15, 0.2) is 12.3 Å². The van der Waals surface area contributed by atoms with Gasteiger partial charge in [0.1, 0.15) is 36.6 Å². The molecule has 90 heavy (non-hydrogen) atoms. The van der Waals surface area contributed by atoms with E-state index in [1.54, 1.807) is 27.9 Å². The van der Waals surface area contributed by atoms with Crippen molar-refractivity contribution in [1.82, 2.24) is 42.5 Å². The van der Waals surface area contributed by atoms with Crippen LogP contribution in [0.2, 0.25) is 0 Å². The first kappa shape index (κ1) is 79.4. The monoisotopic (exact) mass is 1290 g/mol. The molecular weight excluding hydrogens is 1190 g/mol. The maximum atomic E-state index is 13.8. The van der Waals surface area contributed by atoms with Crippen LogP contribution in [0.5, 0.6) is 0 Å². The Hall–Kier alpha value is -4.81. The van der Waals surface area contributed by atoms with Crippen LogP contribution in [0, 0.1) is 17.8 Å². The fourth-order valence-corrected chi connectivity index (χ4v) is 10.2. The molecule has 3 aliphatic heterocycles. The van der Waals surface area contributed by atoms with Crippen LogP contribution in [-0.2, 0) is 66.7 Å². The van der Waals surface area contributed by atoms with Gasteiger partial charge in [0.15, 0.2) is 18.9 Å². The second kappa shape index (κ2) is 43.9. The van der Waals surface area contributed by atoms with Crippen LogP contribution in [0.3, 0.4) is 0 Å². The molecule has 0 bridgehead atoms. The summed E-state index contributed by atoms with van der Waals surface area (Å²) in [6.45, 7) is 9.56. The van der Waals surface area contributed by atoms with Gasteiger partial charge in [0.05, 0.1) is 70.8 Å². The standard InChI is InChI=1S/C59H106N8O23/c1-36(16-30-85-56-37(2)50(78)53(81)40(33-68)88-56)60-22-7-23-61-44(72)13-19-59(67-49(77)12-6-11-43(71)66-28-10-29-84-5,20-14-45(73)62-24-8-26-64-47(75)17-31-86-57-38(3)51(79)54(82)41(34-69)89-57)21-15-46(74)63-25-9-27-65-48(76)18-32-87-58-39(4)52(80)55(83)42(35-70)90-58/h37-42,50-58,60,68-70,78-83H,1,6-35H2,2-5H3,(H,61,72)(H,62,73)(H,63,74)(H,64,75)(H,65,76)(H,66,71)(H,67,77)/t37?,38?,39?,40?,41?,42?,50-,51-,52-,53+,54+,55+,56-,57-,58-,59?/m1/s1. The molecule has 3 heterocycles. The van der Waals surface area contributed by atoms with Crippen molar-refractivity contribution in [3.05, 3.63) is 12.3 Å². The summed E-state index contributed by atoms with van der Waals surface area (Å²) in [6, 6.07) is 0. The van der Waals surface area contributed by atoms with Crippen molar-refractivity contribution in [2.75, 3.05) is 99.2 Å². The molecule has 3 fully saturated rings. The van der Waals surface area contributed by atoms with E-state index in [1.807, 2.05) is 0 Å². The quantitative estimate of drug-likeness (QED) is 0.0257. The Morgan fingerprint density at radius 3 is 1.03 bits per heavy atom. The minimum Gasteiger partial charge on any atom is -0.394 e. The second-order valence-electron chi connectivity index (χ2n) is 23.3. The fourth-order valence-electron chi connectivity index (χ4n) is 10.2. The number of rotatable bonds is 46. The molecule has 0 aromatic carbocycles. The average molecular weight is 1300 g/mol. The van der Waals surface area contributed by atoms with Crippen molar-refractivity contribution < 1.29 is 113 Å². The van der Waals surface area contributed by atoms with Crippen LogP contribution in [0.25, 0.3) is 0 Å². The van der Waals surface area contributed by atoms with Crippen molar-refractivity contribution in [3.63, 3.8) is 0 Å². The topological polar surface area (TPSA) is 462 Å². The number of methoxy groups -OCH3 is 1. The maximum absolute atomic E-state index is 13.8. The van der Waals surface area contributed by atoms with Gasteiger partial charge in [0.25, 0.3) is 0 Å². The number of amides is 7. The van der Waals surface area contributed by atoms with Crippen LogP contribution in [0.4, 0.5) is 0 Å². The molecule has 3 aliphatic rings. The first-order valence-corrected chi connectivity index (χ1v) is 31.5. The Morgan fingerprint density at radius 1 is 0.389 bits per heavy atom. The predicted molar refractivity (Wildman–Crippen MR) is 320 cm³/mol. The summed E-state index contributed by atoms with van der Waals surface area (Å²) in [6.07, 6.45) is -11.5. The number of ether oxygens (including phenoxy) is 7. The SMILES string of the molecule is C=C(CCO[C@@H]1OC(CO)[C@H](O)[C@H](O)C1C)NCCCNC(=O)CCC(CCC(=O)NCCCNC(=O)CCO[C@@H]1OC(CO)[C@H](O)[C@H](O)C1C)(CCC(=O)NCCCNC(=O)CCO[C@@H]1OC(CO)[C@H](O)[C@H](O)C1C)NC(=O)CCCC(=O)NCCCOC. The maximum Gasteiger partial charge on any atom is 0.222 e. The minimum absolute atomic E-state index is 0.00161. The van der Waals surface area contributed by atoms with Crippen LogP contribution < -0.4 is 42.5 Å². The molecule has 6 unspecified atom stereocenters. The van der Waals surface area contributed by atoms with E-state index in [0.29, 0.717) is 57.5 Å². The molecule has 31 heteroatoms. The molecule has 0 aromatic rings. The van der Waals surface area contributed by atoms with Gasteiger partial charge in [-0.15, -0.1) is 0 Å². The highest BCUT2D eigenvalue weighted by atomic mass is 16.7. The molecular formula is C59H106N8O23. The summed E-state index contributed by atoms with van der Waals surface area (Å²) < 4.78 is 38.7. The molecule has 7 amide bonds. The van der Waals surface area contributed by atoms with E-state index in [0.717, 1.165) is 0 Å². The number of aliphatic hydroxyl groups excluding tert-OH is 9. The minimum atomic E-state index is -1.29. The Labute approximate surface area is 527 Å². The summed E-state index contributed by atoms with van der Waals surface area (Å²) in [7, 11) is 1.55. The highest BCUT2D eigenvalue weighted by Crippen LogP contribution is 2.30. The van der Waals surface area contributed by atoms with Crippen molar-refractivity contribution in [3.8, 4) is 0 Å². The molecule has 3 saturated heterocycles. The van der Waals surface area contributed by atoms with E-state index in [4.69, 9.17) is 33.2 Å². The van der Waals surface area contributed by atoms with Crippen molar-refractivity contribution in [1.29, 1.82) is 0 Å². The average Bonchev–Trinajstić information content (AvgIpc) is 0.999. The molecule has 17 N–H and O–H groups in total. The van der Waals surface area contributed by atoms with Crippen molar-refractivity contribution >= 4 is 41.4 Å². The van der Waals surface area contributed by atoms with Gasteiger partial charge in [-0.2, -0.15) is 0 Å². The molecule has 0 radical (unpaired) electrons. The van der Waals surface area contributed by atoms with E-state index in [-0.39, 0.29) is 147 Å². The lowest BCUT2D eigenvalue weighted by molar-refractivity contribution is -0.282. The smallest absolute Gasteiger partial charge is 0.222 e. The second-order valence-corrected chi connectivity index (χ2v) is 23.3. The molecule has 0 spiro atoms. The Kier molecular flexibility index (Phi) is 38.8. The first-order valence-electron chi connectivity index (χ1n) is 31.5. The largest absolute Gasteiger partial charge is 0.394 e. The zero-order chi connectivity index (χ0) is 66.6. The zero-order valence-corrected chi connectivity index (χ0v) is 52.8. The lowest BCUT2D eigenvalue weighted by Gasteiger charge is -2.40. The van der Waals surface area contributed by atoms with E-state index in [2.05, 4.69) is 49.1 Å². The van der Waals surface area contributed by atoms with Gasteiger partial charge in [-0.3, -0.25) is 33.6 Å². The van der Waals surface area contributed by atoms with Crippen LogP contribution in [0.1, 0.15) is 124 Å². The van der Waals surface area contributed by atoms with Gasteiger partial charge < -0.3 is 122 Å². The first-order chi connectivity index (χ1) is 43.0. The number of carbonyl (C=O) groups excluding carboxylic acids is 7. The van der Waals surface area contributed by atoms with Gasteiger partial charge in [-0.1, -0.05) is 27.4 Å². The predicted octanol–water partition coefficient (Wildman–Crippen LogP) is -4.20. The number of aliphatic hydroxyl groups is 9. The molecule has 0 aromatic heterocycles. The third-order valence-corrected chi connectivity index (χ3v) is 16.1. The lowest BCUT2D eigenvalue weighted by atomic mass is 9.82. The summed E-state index contributed by atoms with van der Waals surface area (Å²) in [4.78, 5) is 92.1. The zero-order valence-electron chi connectivity index (χ0n) is 52.8. The van der Waals surface area contributed by atoms with Crippen molar-refractivity contribution in [2.24, 2.45) is 17.8 Å². The number of hydrogen-bond donors (Lipinski definition) is 17. The summed E-state index contributed by atoms with van der Waals surface area (Å²) in [5.41, 5.74) is -0.657. The number of carbonyl (C=O) groups is 7. The fraction of sp³-hybridized carbons (Fsp3) is 0.847. The Bertz CT molecular complexity index is 1940. The third-order valence-electron chi connectivity index (χ3n) is 16.1. The molecule has 3 rings (SSSR count). The summed E-state index contributed by atoms with van der Waals surface area (Å²) in [5, 5.41) is 113. The van der Waals surface area contributed by atoms with Gasteiger partial charge >= 0.3 is 0 Å². The van der Waals surface area contributed by atoms with Crippen LogP contribution in [-0.4, -0.2) is 266 Å². The highest BCUT2D eigenvalue weighted by molar-refractivity contribution is 5.81. The molecule has 31 nitrogen and oxygen atoms in total. The van der Waals surface area contributed by atoms with E-state index >= 15 is 0 Å².